The van der Waals surface area contributed by atoms with E-state index in [1.165, 1.54) is 12.4 Å². The number of fused-ring (bicyclic) bond motifs is 1. The SMILES string of the molecule is Cc1cc(Cn2cc3c(C(=O)NCCNC(=O)OC(C)(C)C)nccc3n2)cnc1OCC(F)(F)F. The maximum atomic E-state index is 12.7. The van der Waals surface area contributed by atoms with Gasteiger partial charge >= 0.3 is 12.3 Å². The molecule has 2 amide bonds. The number of halogens is 3. The highest BCUT2D eigenvalue weighted by atomic mass is 19.4. The molecule has 0 aromatic carbocycles. The normalized spacial score (nSPS) is 11.9. The second kappa shape index (κ2) is 10.8. The Kier molecular flexibility index (Phi) is 8.00. The van der Waals surface area contributed by atoms with E-state index in [0.717, 1.165) is 0 Å². The van der Waals surface area contributed by atoms with Gasteiger partial charge in [-0.05, 0) is 45.4 Å². The average Bonchev–Trinajstić information content (AvgIpc) is 3.16. The van der Waals surface area contributed by atoms with E-state index >= 15 is 0 Å². The number of alkyl halides is 3. The molecule has 0 saturated heterocycles. The fraction of sp³-hybridized carbons (Fsp3) is 0.435. The van der Waals surface area contributed by atoms with Crippen molar-refractivity contribution in [1.82, 2.24) is 30.4 Å². The molecule has 10 nitrogen and oxygen atoms in total. The first-order valence-corrected chi connectivity index (χ1v) is 11.0. The maximum Gasteiger partial charge on any atom is 0.422 e. The molecule has 0 aliphatic carbocycles. The van der Waals surface area contributed by atoms with Crippen molar-refractivity contribution in [1.29, 1.82) is 0 Å². The first-order chi connectivity index (χ1) is 16.8. The number of aryl methyl sites for hydroxylation is 1. The van der Waals surface area contributed by atoms with Crippen molar-refractivity contribution in [2.75, 3.05) is 19.7 Å². The molecule has 36 heavy (non-hydrogen) atoms. The largest absolute Gasteiger partial charge is 0.468 e. The fourth-order valence-corrected chi connectivity index (χ4v) is 3.19. The lowest BCUT2D eigenvalue weighted by Crippen LogP contribution is -2.38. The standard InChI is InChI=1S/C23H27F3N6O4/c1-14-9-15(10-30-20(14)35-13-23(24,25)26)11-32-12-16-17(31-32)5-6-27-18(16)19(33)28-7-8-29-21(34)36-22(2,3)4/h5-6,9-10,12H,7-8,11,13H2,1-4H3,(H,28,33)(H,29,34). The molecule has 0 fully saturated rings. The predicted octanol–water partition coefficient (Wildman–Crippen LogP) is 3.38. The molecule has 194 valence electrons. The fourth-order valence-electron chi connectivity index (χ4n) is 3.19. The lowest BCUT2D eigenvalue weighted by Gasteiger charge is -2.19. The number of nitrogens with zero attached hydrogens (tertiary/aromatic N) is 4. The summed E-state index contributed by atoms with van der Waals surface area (Å²) in [7, 11) is 0. The van der Waals surface area contributed by atoms with E-state index in [1.54, 1.807) is 50.7 Å². The summed E-state index contributed by atoms with van der Waals surface area (Å²) in [5.41, 5.74) is 1.23. The molecule has 0 atom stereocenters. The second-order valence-electron chi connectivity index (χ2n) is 8.97. The molecule has 0 aliphatic rings. The summed E-state index contributed by atoms with van der Waals surface area (Å²) in [6.45, 7) is 6.04. The average molecular weight is 509 g/mol. The lowest BCUT2D eigenvalue weighted by atomic mass is 10.2. The van der Waals surface area contributed by atoms with Crippen LogP contribution in [0.5, 0.6) is 5.88 Å². The Balaban J connectivity index is 1.62. The molecular weight excluding hydrogens is 481 g/mol. The third-order valence-corrected chi connectivity index (χ3v) is 4.58. The van der Waals surface area contributed by atoms with Gasteiger partial charge in [0.1, 0.15) is 11.3 Å². The van der Waals surface area contributed by atoms with Gasteiger partial charge in [-0.15, -0.1) is 0 Å². The molecule has 0 spiro atoms. The Morgan fingerprint density at radius 1 is 1.11 bits per heavy atom. The molecule has 3 rings (SSSR count). The van der Waals surface area contributed by atoms with Gasteiger partial charge in [0.25, 0.3) is 5.91 Å². The van der Waals surface area contributed by atoms with E-state index < -0.39 is 30.4 Å². The summed E-state index contributed by atoms with van der Waals surface area (Å²) in [6, 6.07) is 3.32. The summed E-state index contributed by atoms with van der Waals surface area (Å²) in [4.78, 5) is 32.5. The van der Waals surface area contributed by atoms with Crippen LogP contribution in [0.2, 0.25) is 0 Å². The zero-order valence-electron chi connectivity index (χ0n) is 20.3. The Labute approximate surface area is 205 Å². The number of carbonyl (C=O) groups excluding carboxylic acids is 2. The Bertz CT molecular complexity index is 1240. The van der Waals surface area contributed by atoms with Crippen molar-refractivity contribution in [2.24, 2.45) is 0 Å². The number of hydrogen-bond acceptors (Lipinski definition) is 7. The Morgan fingerprint density at radius 3 is 2.50 bits per heavy atom. The van der Waals surface area contributed by atoms with Crippen molar-refractivity contribution in [2.45, 2.75) is 46.0 Å². The van der Waals surface area contributed by atoms with Gasteiger partial charge in [-0.1, -0.05) is 0 Å². The van der Waals surface area contributed by atoms with Crippen LogP contribution >= 0.6 is 0 Å². The first kappa shape index (κ1) is 26.7. The maximum absolute atomic E-state index is 12.7. The van der Waals surface area contributed by atoms with Gasteiger partial charge < -0.3 is 20.1 Å². The molecule has 2 N–H and O–H groups in total. The summed E-state index contributed by atoms with van der Waals surface area (Å²) >= 11 is 0. The molecule has 3 aromatic rings. The zero-order valence-corrected chi connectivity index (χ0v) is 20.3. The smallest absolute Gasteiger partial charge is 0.422 e. The van der Waals surface area contributed by atoms with Gasteiger partial charge in [-0.2, -0.15) is 18.3 Å². The molecule has 0 bridgehead atoms. The number of hydrogen-bond donors (Lipinski definition) is 2. The van der Waals surface area contributed by atoms with Crippen LogP contribution in [0, 0.1) is 6.92 Å². The van der Waals surface area contributed by atoms with E-state index in [4.69, 9.17) is 9.47 Å². The van der Waals surface area contributed by atoms with Crippen LogP contribution in [0.15, 0.2) is 30.7 Å². The van der Waals surface area contributed by atoms with E-state index in [-0.39, 0.29) is 31.2 Å². The van der Waals surface area contributed by atoms with Crippen molar-refractivity contribution < 1.29 is 32.2 Å². The van der Waals surface area contributed by atoms with Crippen LogP contribution in [0.25, 0.3) is 10.9 Å². The third-order valence-electron chi connectivity index (χ3n) is 4.58. The van der Waals surface area contributed by atoms with Crippen LogP contribution in [-0.4, -0.2) is 63.2 Å². The van der Waals surface area contributed by atoms with E-state index in [2.05, 4.69) is 25.7 Å². The molecule has 13 heteroatoms. The molecule has 3 heterocycles. The minimum Gasteiger partial charge on any atom is -0.468 e. The Morgan fingerprint density at radius 2 is 1.83 bits per heavy atom. The van der Waals surface area contributed by atoms with Gasteiger partial charge in [-0.25, -0.2) is 9.78 Å². The van der Waals surface area contributed by atoms with Crippen molar-refractivity contribution in [3.05, 3.63) is 47.5 Å². The van der Waals surface area contributed by atoms with Gasteiger partial charge in [0, 0.05) is 37.2 Å². The summed E-state index contributed by atoms with van der Waals surface area (Å²) in [5, 5.41) is 10.2. The molecule has 0 aliphatic heterocycles. The summed E-state index contributed by atoms with van der Waals surface area (Å²) in [5.74, 6) is -0.527. The molecular formula is C23H27F3N6O4. The number of aromatic nitrogens is 4. The van der Waals surface area contributed by atoms with Crippen LogP contribution in [0.1, 0.15) is 42.4 Å². The topological polar surface area (TPSA) is 120 Å². The highest BCUT2D eigenvalue weighted by molar-refractivity contribution is 6.04. The van der Waals surface area contributed by atoms with Crippen LogP contribution in [0.4, 0.5) is 18.0 Å². The number of ether oxygens (including phenoxy) is 2. The number of nitrogens with one attached hydrogen (secondary N) is 2. The van der Waals surface area contributed by atoms with Gasteiger partial charge in [0.2, 0.25) is 5.88 Å². The summed E-state index contributed by atoms with van der Waals surface area (Å²) < 4.78 is 48.6. The lowest BCUT2D eigenvalue weighted by molar-refractivity contribution is -0.154. The summed E-state index contributed by atoms with van der Waals surface area (Å²) in [6.07, 6.45) is -0.502. The first-order valence-electron chi connectivity index (χ1n) is 11.0. The van der Waals surface area contributed by atoms with Crippen LogP contribution < -0.4 is 15.4 Å². The molecule has 0 radical (unpaired) electrons. The van der Waals surface area contributed by atoms with Gasteiger partial charge in [0.15, 0.2) is 6.61 Å². The number of rotatable bonds is 8. The molecule has 3 aromatic heterocycles. The van der Waals surface area contributed by atoms with E-state index in [9.17, 15) is 22.8 Å². The van der Waals surface area contributed by atoms with E-state index in [1.807, 2.05) is 0 Å². The van der Waals surface area contributed by atoms with Crippen molar-refractivity contribution >= 4 is 22.9 Å². The quantitative estimate of drug-likeness (QED) is 0.448. The highest BCUT2D eigenvalue weighted by Crippen LogP contribution is 2.21. The third kappa shape index (κ3) is 7.82. The minimum absolute atomic E-state index is 0.0917. The molecule has 0 saturated carbocycles. The minimum atomic E-state index is -4.45. The van der Waals surface area contributed by atoms with Gasteiger partial charge in [0.05, 0.1) is 17.4 Å². The molecule has 0 unspecified atom stereocenters. The van der Waals surface area contributed by atoms with Crippen molar-refractivity contribution in [3.8, 4) is 5.88 Å². The number of carbonyl (C=O) groups is 2. The second-order valence-corrected chi connectivity index (χ2v) is 8.97. The zero-order chi connectivity index (χ0) is 26.5. The van der Waals surface area contributed by atoms with Crippen molar-refractivity contribution in [3.63, 3.8) is 0 Å². The van der Waals surface area contributed by atoms with Crippen LogP contribution in [-0.2, 0) is 11.3 Å². The van der Waals surface area contributed by atoms with E-state index in [0.29, 0.717) is 22.0 Å². The highest BCUT2D eigenvalue weighted by Gasteiger charge is 2.29. The number of alkyl carbamates (subject to hydrolysis) is 1. The van der Waals surface area contributed by atoms with Gasteiger partial charge in [-0.3, -0.25) is 14.5 Å². The predicted molar refractivity (Wildman–Crippen MR) is 124 cm³/mol. The van der Waals surface area contributed by atoms with Crippen LogP contribution in [0.3, 0.4) is 0 Å². The number of amides is 2. The number of pyridine rings is 2. The monoisotopic (exact) mass is 508 g/mol. The Hall–Kier alpha value is -3.90.